The number of carboxylic acid groups (broad SMARTS) is 1. The summed E-state index contributed by atoms with van der Waals surface area (Å²) < 4.78 is 11.0. The first-order valence-electron chi connectivity index (χ1n) is 8.08. The SMILES string of the molecule is CC1OC(OC2C(O)C(O)C(O)C(O)[C@@H]2O)C(N)C[C@H]1N=C(N)C(=O)O. The van der Waals surface area contributed by atoms with Crippen LogP contribution in [0.15, 0.2) is 4.99 Å². The summed E-state index contributed by atoms with van der Waals surface area (Å²) in [5.74, 6) is -1.96. The summed E-state index contributed by atoms with van der Waals surface area (Å²) >= 11 is 0. The number of aliphatic hydroxyl groups is 5. The summed E-state index contributed by atoms with van der Waals surface area (Å²) in [5, 5.41) is 57.8. The van der Waals surface area contributed by atoms with Gasteiger partial charge in [0.25, 0.3) is 0 Å². The van der Waals surface area contributed by atoms with Crippen molar-refractivity contribution in [2.24, 2.45) is 16.5 Å². The third-order valence-electron chi connectivity index (χ3n) is 4.64. The van der Waals surface area contributed by atoms with Crippen molar-refractivity contribution in [3.05, 3.63) is 0 Å². The number of ether oxygens (including phenoxy) is 2. The van der Waals surface area contributed by atoms with E-state index in [-0.39, 0.29) is 6.42 Å². The lowest BCUT2D eigenvalue weighted by atomic mass is 9.84. The average Bonchev–Trinajstić information content (AvgIpc) is 2.58. The van der Waals surface area contributed by atoms with Crippen LogP contribution in [0.1, 0.15) is 13.3 Å². The smallest absolute Gasteiger partial charge is 0.370 e. The van der Waals surface area contributed by atoms with Crippen molar-refractivity contribution in [3.8, 4) is 0 Å². The molecule has 0 bridgehead atoms. The Balaban J connectivity index is 2.07. The number of carbonyl (C=O) groups is 1. The van der Waals surface area contributed by atoms with Crippen LogP contribution in [-0.4, -0.2) is 104 Å². The number of aliphatic imine (C=N–C) groups is 1. The third kappa shape index (κ3) is 4.13. The predicted octanol–water partition coefficient (Wildman–Crippen LogP) is -4.54. The van der Waals surface area contributed by atoms with Crippen LogP contribution in [0.2, 0.25) is 0 Å². The molecule has 2 rings (SSSR count). The number of carboxylic acids is 1. The predicted molar refractivity (Wildman–Crippen MR) is 84.9 cm³/mol. The highest BCUT2D eigenvalue weighted by Gasteiger charge is 2.50. The molecule has 12 heteroatoms. The van der Waals surface area contributed by atoms with E-state index in [1.54, 1.807) is 6.92 Å². The highest BCUT2D eigenvalue weighted by atomic mass is 16.7. The summed E-state index contributed by atoms with van der Waals surface area (Å²) in [6, 6.07) is -1.46. The molecule has 0 amide bonds. The van der Waals surface area contributed by atoms with Gasteiger partial charge in [-0.25, -0.2) is 4.79 Å². The standard InChI is InChI=1S/C14H25N3O9/c1-3-5(17-12(16)13(23)24)2-4(15)14(25-3)26-11-9(21)7(19)6(18)8(20)10(11)22/h3-11,14,18-22H,2,15H2,1H3,(H2,16,17)(H,23,24)/t3?,4?,5-,6?,7?,8?,9+,10?,11?,14?/m1/s1. The molecule has 2 aliphatic rings. The van der Waals surface area contributed by atoms with E-state index in [9.17, 15) is 30.3 Å². The first-order chi connectivity index (χ1) is 12.0. The van der Waals surface area contributed by atoms with Gasteiger partial charge in [-0.15, -0.1) is 0 Å². The quantitative estimate of drug-likeness (QED) is 0.172. The van der Waals surface area contributed by atoms with E-state index in [1.165, 1.54) is 0 Å². The van der Waals surface area contributed by atoms with E-state index in [0.29, 0.717) is 0 Å². The number of hydrogen-bond donors (Lipinski definition) is 8. The van der Waals surface area contributed by atoms with Gasteiger partial charge in [-0.1, -0.05) is 0 Å². The van der Waals surface area contributed by atoms with Crippen LogP contribution >= 0.6 is 0 Å². The molecule has 12 nitrogen and oxygen atoms in total. The molecule has 1 saturated heterocycles. The van der Waals surface area contributed by atoms with Gasteiger partial charge in [0.05, 0.1) is 18.2 Å². The van der Waals surface area contributed by atoms with Crippen molar-refractivity contribution in [1.29, 1.82) is 0 Å². The van der Waals surface area contributed by atoms with E-state index in [0.717, 1.165) is 0 Å². The maximum atomic E-state index is 10.8. The molecule has 26 heavy (non-hydrogen) atoms. The normalized spacial score (nSPS) is 47.6. The molecule has 0 aromatic rings. The van der Waals surface area contributed by atoms with Gasteiger partial charge < -0.3 is 51.6 Å². The summed E-state index contributed by atoms with van der Waals surface area (Å²) in [6.45, 7) is 1.59. The second-order valence-corrected chi connectivity index (χ2v) is 6.55. The summed E-state index contributed by atoms with van der Waals surface area (Å²) in [6.07, 6.45) is -11.7. The lowest BCUT2D eigenvalue weighted by Crippen LogP contribution is -2.66. The number of nitrogens with zero attached hydrogens (tertiary/aromatic N) is 1. The zero-order chi connectivity index (χ0) is 19.8. The monoisotopic (exact) mass is 379 g/mol. The molecule has 1 aliphatic carbocycles. The lowest BCUT2D eigenvalue weighted by Gasteiger charge is -2.45. The minimum atomic E-state index is -1.74. The van der Waals surface area contributed by atoms with Crippen LogP contribution in [0.25, 0.3) is 0 Å². The first-order valence-corrected chi connectivity index (χ1v) is 8.08. The summed E-state index contributed by atoms with van der Waals surface area (Å²) in [4.78, 5) is 14.6. The summed E-state index contributed by atoms with van der Waals surface area (Å²) in [7, 11) is 0. The van der Waals surface area contributed by atoms with Crippen molar-refractivity contribution in [2.75, 3.05) is 0 Å². The van der Waals surface area contributed by atoms with Gasteiger partial charge in [-0.2, -0.15) is 0 Å². The summed E-state index contributed by atoms with van der Waals surface area (Å²) in [5.41, 5.74) is 11.2. The molecule has 8 unspecified atom stereocenters. The first kappa shape index (κ1) is 20.9. The minimum absolute atomic E-state index is 0.145. The van der Waals surface area contributed by atoms with Crippen molar-refractivity contribution < 1.29 is 44.9 Å². The Bertz CT molecular complexity index is 532. The maximum Gasteiger partial charge on any atom is 0.370 e. The largest absolute Gasteiger partial charge is 0.475 e. The van der Waals surface area contributed by atoms with Gasteiger partial charge in [-0.3, -0.25) is 4.99 Å². The Morgan fingerprint density at radius 3 is 2.08 bits per heavy atom. The Labute approximate surface area is 148 Å². The number of nitrogens with two attached hydrogens (primary N) is 2. The molecule has 1 saturated carbocycles. The second kappa shape index (κ2) is 8.10. The number of amidine groups is 1. The molecule has 0 spiro atoms. The molecule has 2 fully saturated rings. The second-order valence-electron chi connectivity index (χ2n) is 6.55. The highest BCUT2D eigenvalue weighted by Crippen LogP contribution is 2.29. The van der Waals surface area contributed by atoms with Crippen LogP contribution in [-0.2, 0) is 14.3 Å². The van der Waals surface area contributed by atoms with Crippen LogP contribution in [0.5, 0.6) is 0 Å². The van der Waals surface area contributed by atoms with Gasteiger partial charge in [0.15, 0.2) is 6.29 Å². The van der Waals surface area contributed by atoms with Crippen molar-refractivity contribution >= 4 is 11.8 Å². The average molecular weight is 379 g/mol. The van der Waals surface area contributed by atoms with Gasteiger partial charge in [0, 0.05) is 0 Å². The fourth-order valence-electron chi connectivity index (χ4n) is 3.02. The van der Waals surface area contributed by atoms with Crippen LogP contribution in [0.3, 0.4) is 0 Å². The van der Waals surface area contributed by atoms with Gasteiger partial charge in [0.2, 0.25) is 5.84 Å². The van der Waals surface area contributed by atoms with E-state index >= 15 is 0 Å². The van der Waals surface area contributed by atoms with Crippen molar-refractivity contribution in [2.45, 2.75) is 74.4 Å². The van der Waals surface area contributed by atoms with Gasteiger partial charge in [0.1, 0.15) is 36.6 Å². The Morgan fingerprint density at radius 1 is 1.08 bits per heavy atom. The van der Waals surface area contributed by atoms with Crippen molar-refractivity contribution in [1.82, 2.24) is 0 Å². The third-order valence-corrected chi connectivity index (χ3v) is 4.64. The number of aliphatic hydroxyl groups excluding tert-OH is 5. The molecule has 150 valence electrons. The molecule has 10 N–H and O–H groups in total. The lowest BCUT2D eigenvalue weighted by molar-refractivity contribution is -0.293. The topological polar surface area (TPSA) is 221 Å². The van der Waals surface area contributed by atoms with Crippen LogP contribution in [0.4, 0.5) is 0 Å². The van der Waals surface area contributed by atoms with E-state index in [1.807, 2.05) is 0 Å². The van der Waals surface area contributed by atoms with E-state index < -0.39 is 72.9 Å². The zero-order valence-electron chi connectivity index (χ0n) is 14.0. The minimum Gasteiger partial charge on any atom is -0.475 e. The van der Waals surface area contributed by atoms with E-state index in [2.05, 4.69) is 4.99 Å². The maximum absolute atomic E-state index is 10.8. The number of hydrogen-bond acceptors (Lipinski definition) is 10. The van der Waals surface area contributed by atoms with Crippen LogP contribution < -0.4 is 11.5 Å². The highest BCUT2D eigenvalue weighted by molar-refractivity contribution is 6.33. The molecule has 10 atom stereocenters. The van der Waals surface area contributed by atoms with Crippen molar-refractivity contribution in [3.63, 3.8) is 0 Å². The zero-order valence-corrected chi connectivity index (χ0v) is 14.0. The Kier molecular flexibility index (Phi) is 6.52. The fourth-order valence-corrected chi connectivity index (χ4v) is 3.02. The molecule has 1 aliphatic heterocycles. The molecule has 0 aromatic heterocycles. The number of aliphatic carboxylic acids is 1. The Hall–Kier alpha value is -1.38. The molecular formula is C14H25N3O9. The number of rotatable bonds is 3. The molecule has 1 heterocycles. The fraction of sp³-hybridized carbons (Fsp3) is 0.857. The molecule has 0 radical (unpaired) electrons. The molecular weight excluding hydrogens is 354 g/mol. The van der Waals surface area contributed by atoms with E-state index in [4.69, 9.17) is 26.0 Å². The molecule has 0 aromatic carbocycles. The van der Waals surface area contributed by atoms with Gasteiger partial charge >= 0.3 is 5.97 Å². The Morgan fingerprint density at radius 2 is 1.58 bits per heavy atom. The van der Waals surface area contributed by atoms with Crippen LogP contribution in [0, 0.1) is 0 Å². The van der Waals surface area contributed by atoms with Gasteiger partial charge in [-0.05, 0) is 13.3 Å².